The van der Waals surface area contributed by atoms with Crippen molar-refractivity contribution >= 4 is 38.6 Å². The third kappa shape index (κ3) is 7.28. The van der Waals surface area contributed by atoms with E-state index in [2.05, 4.69) is 20.0 Å². The highest BCUT2D eigenvalue weighted by atomic mass is 32.2. The van der Waals surface area contributed by atoms with Gasteiger partial charge in [-0.3, -0.25) is 19.3 Å². The zero-order chi connectivity index (χ0) is 27.1. The molecule has 2 N–H and O–H groups in total. The molecule has 1 fully saturated rings. The monoisotopic (exact) mass is 538 g/mol. The van der Waals surface area contributed by atoms with Gasteiger partial charge in [0, 0.05) is 5.56 Å². The number of hydrogen-bond acceptors (Lipinski definition) is 7. The maximum atomic E-state index is 13.6. The van der Waals surface area contributed by atoms with Crippen LogP contribution in [-0.2, 0) is 14.8 Å². The molecule has 3 aromatic rings. The summed E-state index contributed by atoms with van der Waals surface area (Å²) in [4.78, 5) is 35.8. The summed E-state index contributed by atoms with van der Waals surface area (Å²) < 4.78 is 32.4. The van der Waals surface area contributed by atoms with Crippen molar-refractivity contribution in [1.29, 1.82) is 0 Å². The smallest absolute Gasteiger partial charge is 0.266 e. The minimum absolute atomic E-state index is 0.0607. The zero-order valence-corrected chi connectivity index (χ0v) is 22.5. The Morgan fingerprint density at radius 2 is 1.74 bits per heavy atom. The Bertz CT molecular complexity index is 1360. The second kappa shape index (κ2) is 12.3. The van der Waals surface area contributed by atoms with E-state index in [-0.39, 0.29) is 17.6 Å². The van der Waals surface area contributed by atoms with Crippen molar-refractivity contribution in [2.24, 2.45) is 10.9 Å². The molecule has 9 nitrogen and oxygen atoms in total. The van der Waals surface area contributed by atoms with Crippen LogP contribution in [0.3, 0.4) is 0 Å². The lowest BCUT2D eigenvalue weighted by Crippen LogP contribution is -2.46. The molecule has 1 amide bonds. The van der Waals surface area contributed by atoms with Gasteiger partial charge in [0.15, 0.2) is 5.58 Å². The van der Waals surface area contributed by atoms with Crippen molar-refractivity contribution in [2.45, 2.75) is 64.0 Å². The number of aliphatic imine (C=N–C) groups is 1. The van der Waals surface area contributed by atoms with Crippen molar-refractivity contribution in [3.8, 4) is 0 Å². The fourth-order valence-corrected chi connectivity index (χ4v) is 5.31. The third-order valence-electron chi connectivity index (χ3n) is 6.74. The van der Waals surface area contributed by atoms with Crippen molar-refractivity contribution in [1.82, 2.24) is 15.0 Å². The van der Waals surface area contributed by atoms with E-state index in [1.807, 2.05) is 6.07 Å². The number of amides is 1. The molecule has 4 rings (SSSR count). The average molecular weight is 539 g/mol. The number of fused-ring (bicyclic) bond motifs is 1. The molecule has 0 aliphatic heterocycles. The maximum absolute atomic E-state index is 13.6. The van der Waals surface area contributed by atoms with E-state index in [1.54, 1.807) is 55.5 Å². The van der Waals surface area contributed by atoms with E-state index in [9.17, 15) is 18.0 Å². The second-order valence-corrected chi connectivity index (χ2v) is 11.5. The molecule has 2 atom stereocenters. The Labute approximate surface area is 223 Å². The predicted molar refractivity (Wildman–Crippen MR) is 146 cm³/mol. The largest absolute Gasteiger partial charge is 0.434 e. The van der Waals surface area contributed by atoms with Gasteiger partial charge in [-0.05, 0) is 30.9 Å². The van der Waals surface area contributed by atoms with Crippen LogP contribution >= 0.6 is 0 Å². The SMILES string of the molecule is CCC(NC(=O)C(CC1CCCCC1)N=C(NS(C)(=O)=O)c1ccccc1)C(=O)c1nc2ccccc2o1. The number of hydrogen-bond donors (Lipinski definition) is 2. The number of amidine groups is 1. The van der Waals surface area contributed by atoms with E-state index < -0.39 is 33.8 Å². The van der Waals surface area contributed by atoms with Gasteiger partial charge in [-0.15, -0.1) is 0 Å². The molecule has 1 saturated carbocycles. The van der Waals surface area contributed by atoms with Crippen LogP contribution in [0.25, 0.3) is 11.1 Å². The number of benzene rings is 2. The van der Waals surface area contributed by atoms with Crippen molar-refractivity contribution in [3.63, 3.8) is 0 Å². The minimum Gasteiger partial charge on any atom is -0.434 e. The molecule has 2 unspecified atom stereocenters. The van der Waals surface area contributed by atoms with Crippen LogP contribution in [0.2, 0.25) is 0 Å². The first-order valence-electron chi connectivity index (χ1n) is 13.0. The Hall–Kier alpha value is -3.53. The Balaban J connectivity index is 1.62. The minimum atomic E-state index is -3.65. The van der Waals surface area contributed by atoms with E-state index in [1.165, 1.54) is 6.42 Å². The zero-order valence-electron chi connectivity index (χ0n) is 21.7. The number of carbonyl (C=O) groups is 2. The van der Waals surface area contributed by atoms with Gasteiger partial charge >= 0.3 is 0 Å². The molecule has 1 aliphatic rings. The van der Waals surface area contributed by atoms with Crippen LogP contribution in [0.1, 0.15) is 68.1 Å². The van der Waals surface area contributed by atoms with Crippen LogP contribution in [0.15, 0.2) is 64.0 Å². The molecule has 10 heteroatoms. The van der Waals surface area contributed by atoms with E-state index >= 15 is 0 Å². The highest BCUT2D eigenvalue weighted by Crippen LogP contribution is 2.28. The van der Waals surface area contributed by atoms with Gasteiger partial charge in [-0.1, -0.05) is 81.5 Å². The molecule has 1 heterocycles. The van der Waals surface area contributed by atoms with Gasteiger partial charge < -0.3 is 9.73 Å². The fraction of sp³-hybridized carbons (Fsp3) is 0.429. The molecule has 202 valence electrons. The molecule has 0 spiro atoms. The number of oxazole rings is 1. The third-order valence-corrected chi connectivity index (χ3v) is 7.31. The summed E-state index contributed by atoms with van der Waals surface area (Å²) in [6.45, 7) is 1.80. The van der Waals surface area contributed by atoms with Crippen LogP contribution < -0.4 is 10.0 Å². The summed E-state index contributed by atoms with van der Waals surface area (Å²) in [6, 6.07) is 14.2. The molecule has 2 aromatic carbocycles. The summed E-state index contributed by atoms with van der Waals surface area (Å²) in [5, 5.41) is 2.85. The molecule has 0 radical (unpaired) electrons. The topological polar surface area (TPSA) is 131 Å². The van der Waals surface area contributed by atoms with Crippen molar-refractivity contribution < 1.29 is 22.4 Å². The number of carbonyl (C=O) groups excluding carboxylic acids is 2. The molecule has 0 bridgehead atoms. The Kier molecular flexibility index (Phi) is 8.93. The number of Topliss-reactive ketones (excluding diaryl/α,β-unsaturated/α-hetero) is 1. The number of nitrogens with one attached hydrogen (secondary N) is 2. The van der Waals surface area contributed by atoms with Crippen molar-refractivity contribution in [2.75, 3.05) is 6.26 Å². The highest BCUT2D eigenvalue weighted by Gasteiger charge is 2.30. The molecule has 1 aliphatic carbocycles. The molecule has 0 saturated heterocycles. The summed E-state index contributed by atoms with van der Waals surface area (Å²) in [5.41, 5.74) is 1.61. The summed E-state index contributed by atoms with van der Waals surface area (Å²) in [5.74, 6) is -0.534. The summed E-state index contributed by atoms with van der Waals surface area (Å²) in [6.07, 6.45) is 7.15. The number of aromatic nitrogens is 1. The normalized spacial score (nSPS) is 16.6. The van der Waals surface area contributed by atoms with Crippen molar-refractivity contribution in [3.05, 3.63) is 66.1 Å². The lowest BCUT2D eigenvalue weighted by atomic mass is 9.84. The van der Waals surface area contributed by atoms with Gasteiger partial charge in [0.1, 0.15) is 17.4 Å². The number of ketones is 1. The molecular formula is C28H34N4O5S. The number of para-hydroxylation sites is 2. The van der Waals surface area contributed by atoms with E-state index in [4.69, 9.17) is 4.42 Å². The van der Waals surface area contributed by atoms with Gasteiger partial charge in [-0.25, -0.2) is 13.4 Å². The lowest BCUT2D eigenvalue weighted by Gasteiger charge is -2.26. The molecular weight excluding hydrogens is 504 g/mol. The standard InChI is InChI=1S/C28H34N4O5S/c1-3-21(25(33)28-31-22-16-10-11-17-24(22)37-28)30-27(34)23(18-19-12-6-4-7-13-19)29-26(32-38(2,35)36)20-14-8-5-9-15-20/h5,8-11,14-17,19,21,23H,3-4,6-7,12-13,18H2,1-2H3,(H,29,32)(H,30,34). The summed E-state index contributed by atoms with van der Waals surface area (Å²) >= 11 is 0. The van der Waals surface area contributed by atoms with Crippen LogP contribution in [0.4, 0.5) is 0 Å². The van der Waals surface area contributed by atoms with Crippen LogP contribution in [0, 0.1) is 5.92 Å². The Morgan fingerprint density at radius 3 is 2.39 bits per heavy atom. The van der Waals surface area contributed by atoms with Gasteiger partial charge in [0.05, 0.1) is 12.3 Å². The quantitative estimate of drug-likeness (QED) is 0.226. The van der Waals surface area contributed by atoms with Gasteiger partial charge in [-0.2, -0.15) is 0 Å². The number of nitrogens with zero attached hydrogens (tertiary/aromatic N) is 2. The van der Waals surface area contributed by atoms with Crippen LogP contribution in [0.5, 0.6) is 0 Å². The van der Waals surface area contributed by atoms with Crippen LogP contribution in [-0.4, -0.2) is 49.3 Å². The number of sulfonamides is 1. The number of rotatable bonds is 10. The Morgan fingerprint density at radius 1 is 1.05 bits per heavy atom. The maximum Gasteiger partial charge on any atom is 0.266 e. The average Bonchev–Trinajstić information content (AvgIpc) is 3.35. The predicted octanol–water partition coefficient (Wildman–Crippen LogP) is 4.24. The van der Waals surface area contributed by atoms with Gasteiger partial charge in [0.2, 0.25) is 21.7 Å². The summed E-state index contributed by atoms with van der Waals surface area (Å²) in [7, 11) is -3.65. The highest BCUT2D eigenvalue weighted by molar-refractivity contribution is 7.89. The lowest BCUT2D eigenvalue weighted by molar-refractivity contribution is -0.123. The first-order valence-corrected chi connectivity index (χ1v) is 14.9. The second-order valence-electron chi connectivity index (χ2n) is 9.79. The van der Waals surface area contributed by atoms with Gasteiger partial charge in [0.25, 0.3) is 5.89 Å². The van der Waals surface area contributed by atoms with E-state index in [0.29, 0.717) is 29.5 Å². The molecule has 38 heavy (non-hydrogen) atoms. The fourth-order valence-electron chi connectivity index (χ4n) is 4.79. The van der Waals surface area contributed by atoms with E-state index in [0.717, 1.165) is 31.9 Å². The first-order chi connectivity index (χ1) is 18.2. The molecule has 1 aromatic heterocycles. The first kappa shape index (κ1) is 27.5.